The second-order valence-corrected chi connectivity index (χ2v) is 6.48. The fourth-order valence-electron chi connectivity index (χ4n) is 2.95. The maximum absolute atomic E-state index is 12.4. The zero-order chi connectivity index (χ0) is 18.9. The molecule has 1 aromatic heterocycles. The summed E-state index contributed by atoms with van der Waals surface area (Å²) in [6.07, 6.45) is 3.44. The fraction of sp³-hybridized carbons (Fsp3) is 0.250. The number of nitrogens with one attached hydrogen (secondary N) is 1. The third-order valence-corrected chi connectivity index (χ3v) is 4.30. The van der Waals surface area contributed by atoms with Crippen LogP contribution < -0.4 is 4.74 Å². The number of para-hydroxylation sites is 1. The number of fused-ring (bicyclic) bond motifs is 3. The van der Waals surface area contributed by atoms with Gasteiger partial charge in [0.2, 0.25) is 0 Å². The number of ether oxygens (including phenoxy) is 2. The van der Waals surface area contributed by atoms with Gasteiger partial charge in [-0.1, -0.05) is 24.3 Å². The van der Waals surface area contributed by atoms with Crippen molar-refractivity contribution >= 4 is 33.9 Å². The largest absolute Gasteiger partial charge is 0.495 e. The first-order valence-electron chi connectivity index (χ1n) is 8.13. The normalized spacial score (nSPS) is 12.2. The maximum Gasteiger partial charge on any atom is 0.338 e. The maximum atomic E-state index is 12.4. The lowest BCUT2D eigenvalue weighted by Crippen LogP contribution is -2.18. The molecule has 0 aliphatic carbocycles. The number of hydrogen-bond acceptors (Lipinski definition) is 5. The summed E-state index contributed by atoms with van der Waals surface area (Å²) < 4.78 is 10.4. The van der Waals surface area contributed by atoms with Crippen LogP contribution in [0.25, 0.3) is 27.9 Å². The second kappa shape index (κ2) is 6.82. The highest BCUT2D eigenvalue weighted by molar-refractivity contribution is 6.16. The number of aromatic nitrogens is 1. The quantitative estimate of drug-likeness (QED) is 0.403. The van der Waals surface area contributed by atoms with E-state index in [2.05, 4.69) is 9.87 Å². The molecule has 0 amide bonds. The Morgan fingerprint density at radius 1 is 1.23 bits per heavy atom. The number of rotatable bonds is 5. The van der Waals surface area contributed by atoms with Crippen LogP contribution in [0.4, 0.5) is 0 Å². The Kier molecular flexibility index (Phi) is 4.71. The molecule has 0 unspecified atom stereocenters. The Bertz CT molecular complexity index is 1000. The molecule has 0 fully saturated rings. The van der Waals surface area contributed by atoms with Crippen molar-refractivity contribution in [3.05, 3.63) is 47.5 Å². The molecule has 3 rings (SSSR count). The summed E-state index contributed by atoms with van der Waals surface area (Å²) in [4.78, 5) is 20.2. The summed E-state index contributed by atoms with van der Waals surface area (Å²) in [7, 11) is 2.89. The van der Waals surface area contributed by atoms with Crippen LogP contribution in [0.3, 0.4) is 0 Å². The summed E-state index contributed by atoms with van der Waals surface area (Å²) in [5, 5.41) is 10.8. The van der Waals surface area contributed by atoms with E-state index < -0.39 is 11.6 Å². The van der Waals surface area contributed by atoms with E-state index in [0.29, 0.717) is 16.9 Å². The van der Waals surface area contributed by atoms with Crippen molar-refractivity contribution in [1.82, 2.24) is 4.98 Å². The first kappa shape index (κ1) is 18.0. The third-order valence-electron chi connectivity index (χ3n) is 4.30. The van der Waals surface area contributed by atoms with E-state index >= 15 is 0 Å². The van der Waals surface area contributed by atoms with Gasteiger partial charge in [0.1, 0.15) is 11.4 Å². The molecule has 26 heavy (non-hydrogen) atoms. The molecule has 2 aromatic carbocycles. The van der Waals surface area contributed by atoms with Gasteiger partial charge in [-0.05, 0) is 37.6 Å². The molecule has 0 radical (unpaired) electrons. The van der Waals surface area contributed by atoms with Gasteiger partial charge in [-0.25, -0.2) is 9.68 Å². The molecule has 2 N–H and O–H groups in total. The summed E-state index contributed by atoms with van der Waals surface area (Å²) in [6.45, 7) is 3.41. The Hall–Kier alpha value is -2.83. The molecule has 0 spiro atoms. The first-order chi connectivity index (χ1) is 12.4. The molecule has 6 heteroatoms. The average molecular weight is 355 g/mol. The molecule has 0 atom stereocenters. The molecule has 6 nitrogen and oxygen atoms in total. The van der Waals surface area contributed by atoms with Crippen molar-refractivity contribution in [2.24, 2.45) is 0 Å². The number of esters is 1. The molecule has 0 saturated carbocycles. The monoisotopic (exact) mass is 355 g/mol. The number of aromatic amines is 1. The predicted molar refractivity (Wildman–Crippen MR) is 101 cm³/mol. The SMILES string of the molecule is COC(=O)c1cc(OC)c2[nH]c3ccccc3c2c1/C=C/C(C)(C)OO. The Balaban J connectivity index is 2.42. The third kappa shape index (κ3) is 3.05. The van der Waals surface area contributed by atoms with Crippen LogP contribution in [0, 0.1) is 0 Å². The van der Waals surface area contributed by atoms with Gasteiger partial charge in [0.05, 0.1) is 25.3 Å². The Labute approximate surface area is 150 Å². The highest BCUT2D eigenvalue weighted by Gasteiger charge is 2.22. The van der Waals surface area contributed by atoms with Gasteiger partial charge in [-0.3, -0.25) is 5.26 Å². The number of benzene rings is 2. The van der Waals surface area contributed by atoms with Crippen LogP contribution in [0.1, 0.15) is 29.8 Å². The van der Waals surface area contributed by atoms with Crippen LogP contribution in [-0.2, 0) is 9.62 Å². The minimum absolute atomic E-state index is 0.367. The Morgan fingerprint density at radius 3 is 2.62 bits per heavy atom. The van der Waals surface area contributed by atoms with Crippen LogP contribution in [0.15, 0.2) is 36.4 Å². The van der Waals surface area contributed by atoms with Crippen LogP contribution in [0.5, 0.6) is 5.75 Å². The standard InChI is InChI=1S/C20H21NO5/c1-20(2,26-23)10-9-12-14(19(22)25-4)11-16(24-3)18-17(12)13-7-5-6-8-15(13)21-18/h5-11,21,23H,1-4H3/b10-9+. The molecule has 136 valence electrons. The fourth-order valence-corrected chi connectivity index (χ4v) is 2.95. The van der Waals surface area contributed by atoms with Crippen molar-refractivity contribution < 1.29 is 24.4 Å². The number of methoxy groups -OCH3 is 2. The van der Waals surface area contributed by atoms with Gasteiger partial charge < -0.3 is 14.5 Å². The van der Waals surface area contributed by atoms with E-state index in [9.17, 15) is 4.79 Å². The molecule has 0 aliphatic rings. The van der Waals surface area contributed by atoms with Crippen molar-refractivity contribution in [3.63, 3.8) is 0 Å². The minimum Gasteiger partial charge on any atom is -0.495 e. The molecule has 0 aliphatic heterocycles. The van der Waals surface area contributed by atoms with Crippen LogP contribution >= 0.6 is 0 Å². The summed E-state index contributed by atoms with van der Waals surface area (Å²) in [5.41, 5.74) is 1.83. The zero-order valence-corrected chi connectivity index (χ0v) is 15.1. The number of H-pyrrole nitrogens is 1. The van der Waals surface area contributed by atoms with E-state index in [-0.39, 0.29) is 0 Å². The summed E-state index contributed by atoms with van der Waals surface area (Å²) in [5.74, 6) is 0.0734. The van der Waals surface area contributed by atoms with Crippen molar-refractivity contribution in [2.45, 2.75) is 19.4 Å². The molecular weight excluding hydrogens is 334 g/mol. The zero-order valence-electron chi connectivity index (χ0n) is 15.1. The predicted octanol–water partition coefficient (Wildman–Crippen LogP) is 4.40. The van der Waals surface area contributed by atoms with Gasteiger partial charge in [0.25, 0.3) is 0 Å². The smallest absolute Gasteiger partial charge is 0.338 e. The van der Waals surface area contributed by atoms with E-state index in [4.69, 9.17) is 14.7 Å². The van der Waals surface area contributed by atoms with Gasteiger partial charge in [-0.15, -0.1) is 0 Å². The lowest BCUT2D eigenvalue weighted by molar-refractivity contribution is -0.296. The topological polar surface area (TPSA) is 80.8 Å². The van der Waals surface area contributed by atoms with Gasteiger partial charge in [-0.2, -0.15) is 0 Å². The lowest BCUT2D eigenvalue weighted by Gasteiger charge is -2.16. The highest BCUT2D eigenvalue weighted by Crippen LogP contribution is 2.38. The average Bonchev–Trinajstić information content (AvgIpc) is 3.04. The minimum atomic E-state index is -0.911. The van der Waals surface area contributed by atoms with E-state index in [0.717, 1.165) is 21.8 Å². The summed E-state index contributed by atoms with van der Waals surface area (Å²) >= 11 is 0. The van der Waals surface area contributed by atoms with Gasteiger partial charge in [0.15, 0.2) is 0 Å². The van der Waals surface area contributed by atoms with Gasteiger partial charge in [0, 0.05) is 16.3 Å². The Morgan fingerprint density at radius 2 is 1.96 bits per heavy atom. The van der Waals surface area contributed by atoms with Crippen molar-refractivity contribution in [3.8, 4) is 5.75 Å². The second-order valence-electron chi connectivity index (χ2n) is 6.48. The molecule has 1 heterocycles. The van der Waals surface area contributed by atoms with E-state index in [1.54, 1.807) is 39.2 Å². The molecular formula is C20H21NO5. The van der Waals surface area contributed by atoms with Crippen molar-refractivity contribution in [2.75, 3.05) is 14.2 Å². The highest BCUT2D eigenvalue weighted by atomic mass is 17.1. The van der Waals surface area contributed by atoms with Crippen molar-refractivity contribution in [1.29, 1.82) is 0 Å². The summed E-state index contributed by atoms with van der Waals surface area (Å²) in [6, 6.07) is 9.45. The van der Waals surface area contributed by atoms with E-state index in [1.165, 1.54) is 7.11 Å². The first-order valence-corrected chi connectivity index (χ1v) is 8.13. The lowest BCUT2D eigenvalue weighted by atomic mass is 9.97. The number of hydrogen-bond donors (Lipinski definition) is 2. The number of carbonyl (C=O) groups is 1. The van der Waals surface area contributed by atoms with Gasteiger partial charge >= 0.3 is 5.97 Å². The molecule has 0 bridgehead atoms. The molecule has 3 aromatic rings. The van der Waals surface area contributed by atoms with Crippen LogP contribution in [0.2, 0.25) is 0 Å². The molecule has 0 saturated heterocycles. The van der Waals surface area contributed by atoms with Crippen LogP contribution in [-0.4, -0.2) is 36.0 Å². The number of carbonyl (C=O) groups excluding carboxylic acids is 1. The van der Waals surface area contributed by atoms with E-state index in [1.807, 2.05) is 24.3 Å².